The molecule has 1 saturated heterocycles. The van der Waals surface area contributed by atoms with Crippen molar-refractivity contribution < 1.29 is 14.0 Å². The van der Waals surface area contributed by atoms with Gasteiger partial charge in [-0.2, -0.15) is 0 Å². The van der Waals surface area contributed by atoms with Crippen LogP contribution in [0.1, 0.15) is 19.3 Å². The zero-order chi connectivity index (χ0) is 12.9. The standard InChI is InChI=1S/C13H11BrFNO2/c14-10-5-4-7(15)6-11(10)16-12(17)8-2-1-3-9(8)13(16)18/h4-6,8-9H,1-3H2. The van der Waals surface area contributed by atoms with E-state index < -0.39 is 5.82 Å². The van der Waals surface area contributed by atoms with Crippen molar-refractivity contribution in [2.24, 2.45) is 11.8 Å². The van der Waals surface area contributed by atoms with Crippen LogP contribution in [0, 0.1) is 17.7 Å². The molecule has 94 valence electrons. The summed E-state index contributed by atoms with van der Waals surface area (Å²) in [5, 5.41) is 0. The maximum atomic E-state index is 13.3. The average molecular weight is 312 g/mol. The zero-order valence-corrected chi connectivity index (χ0v) is 11.1. The van der Waals surface area contributed by atoms with Crippen molar-refractivity contribution in [3.63, 3.8) is 0 Å². The molecule has 1 saturated carbocycles. The minimum atomic E-state index is -0.453. The summed E-state index contributed by atoms with van der Waals surface area (Å²) in [5.74, 6) is -1.23. The van der Waals surface area contributed by atoms with Gasteiger partial charge in [0.1, 0.15) is 5.82 Å². The SMILES string of the molecule is O=C1C2CCCC2C(=O)N1c1cc(F)ccc1Br. The Kier molecular flexibility index (Phi) is 2.73. The second kappa shape index (κ2) is 4.16. The van der Waals surface area contributed by atoms with E-state index in [0.717, 1.165) is 24.2 Å². The summed E-state index contributed by atoms with van der Waals surface area (Å²) >= 11 is 3.26. The van der Waals surface area contributed by atoms with Crippen LogP contribution in [-0.2, 0) is 9.59 Å². The van der Waals surface area contributed by atoms with Crippen molar-refractivity contribution in [1.29, 1.82) is 0 Å². The number of anilines is 1. The first-order chi connectivity index (χ1) is 8.59. The first kappa shape index (κ1) is 11.8. The number of fused-ring (bicyclic) bond motifs is 1. The topological polar surface area (TPSA) is 37.4 Å². The van der Waals surface area contributed by atoms with E-state index in [4.69, 9.17) is 0 Å². The molecule has 3 nitrogen and oxygen atoms in total. The van der Waals surface area contributed by atoms with Crippen molar-refractivity contribution in [1.82, 2.24) is 0 Å². The van der Waals surface area contributed by atoms with Gasteiger partial charge < -0.3 is 0 Å². The highest BCUT2D eigenvalue weighted by Crippen LogP contribution is 2.43. The molecule has 2 aliphatic rings. The van der Waals surface area contributed by atoms with Gasteiger partial charge in [-0.15, -0.1) is 0 Å². The number of rotatable bonds is 1. The van der Waals surface area contributed by atoms with E-state index in [1.807, 2.05) is 0 Å². The Hall–Kier alpha value is -1.23. The molecule has 2 atom stereocenters. The third-order valence-corrected chi connectivity index (χ3v) is 4.41. The maximum Gasteiger partial charge on any atom is 0.237 e. The van der Waals surface area contributed by atoms with E-state index in [0.29, 0.717) is 10.2 Å². The molecule has 0 bridgehead atoms. The fourth-order valence-corrected chi connectivity index (χ4v) is 3.31. The molecule has 1 aromatic rings. The maximum absolute atomic E-state index is 13.3. The molecule has 0 aromatic heterocycles. The van der Waals surface area contributed by atoms with Crippen LogP contribution in [0.15, 0.2) is 22.7 Å². The quantitative estimate of drug-likeness (QED) is 0.748. The number of halogens is 2. The van der Waals surface area contributed by atoms with Crippen LogP contribution in [0.2, 0.25) is 0 Å². The molecule has 3 rings (SSSR count). The zero-order valence-electron chi connectivity index (χ0n) is 9.53. The minimum absolute atomic E-state index is 0.186. The summed E-state index contributed by atoms with van der Waals surface area (Å²) in [6.07, 6.45) is 2.45. The summed E-state index contributed by atoms with van der Waals surface area (Å²) in [6, 6.07) is 4.03. The van der Waals surface area contributed by atoms with Crippen molar-refractivity contribution in [3.8, 4) is 0 Å². The van der Waals surface area contributed by atoms with Gasteiger partial charge in [0.15, 0.2) is 0 Å². The van der Waals surface area contributed by atoms with E-state index in [2.05, 4.69) is 15.9 Å². The fourth-order valence-electron chi connectivity index (χ4n) is 2.89. The Morgan fingerprint density at radius 2 is 1.78 bits per heavy atom. The van der Waals surface area contributed by atoms with E-state index in [9.17, 15) is 14.0 Å². The van der Waals surface area contributed by atoms with Gasteiger partial charge in [-0.05, 0) is 47.0 Å². The third kappa shape index (κ3) is 1.61. The van der Waals surface area contributed by atoms with Crippen LogP contribution in [0.5, 0.6) is 0 Å². The predicted octanol–water partition coefficient (Wildman–Crippen LogP) is 2.88. The monoisotopic (exact) mass is 311 g/mol. The summed E-state index contributed by atoms with van der Waals surface area (Å²) in [6.45, 7) is 0. The van der Waals surface area contributed by atoms with E-state index in [-0.39, 0.29) is 23.7 Å². The Morgan fingerprint density at radius 1 is 1.17 bits per heavy atom. The normalized spacial score (nSPS) is 26.9. The lowest BCUT2D eigenvalue weighted by Crippen LogP contribution is -2.32. The highest BCUT2D eigenvalue weighted by Gasteiger charge is 2.50. The number of nitrogens with zero attached hydrogens (tertiary/aromatic N) is 1. The highest BCUT2D eigenvalue weighted by atomic mass is 79.9. The lowest BCUT2D eigenvalue weighted by Gasteiger charge is -2.17. The van der Waals surface area contributed by atoms with Crippen LogP contribution in [0.3, 0.4) is 0 Å². The first-order valence-electron chi connectivity index (χ1n) is 5.92. The lowest BCUT2D eigenvalue weighted by atomic mass is 10.00. The lowest BCUT2D eigenvalue weighted by molar-refractivity contribution is -0.122. The summed E-state index contributed by atoms with van der Waals surface area (Å²) in [5.41, 5.74) is 0.319. The number of carbonyl (C=O) groups excluding carboxylic acids is 2. The molecule has 0 spiro atoms. The Bertz CT molecular complexity index is 524. The summed E-state index contributed by atoms with van der Waals surface area (Å²) in [4.78, 5) is 25.6. The number of carbonyl (C=O) groups is 2. The van der Waals surface area contributed by atoms with Gasteiger partial charge in [0.25, 0.3) is 0 Å². The van der Waals surface area contributed by atoms with E-state index >= 15 is 0 Å². The van der Waals surface area contributed by atoms with E-state index in [1.165, 1.54) is 18.2 Å². The van der Waals surface area contributed by atoms with Gasteiger partial charge in [0.05, 0.1) is 17.5 Å². The molecule has 1 aliphatic heterocycles. The highest BCUT2D eigenvalue weighted by molar-refractivity contribution is 9.10. The fraction of sp³-hybridized carbons (Fsp3) is 0.385. The molecule has 2 unspecified atom stereocenters. The Labute approximate surface area is 112 Å². The van der Waals surface area contributed by atoms with Gasteiger partial charge >= 0.3 is 0 Å². The van der Waals surface area contributed by atoms with Crippen molar-refractivity contribution in [2.45, 2.75) is 19.3 Å². The van der Waals surface area contributed by atoms with Gasteiger partial charge in [0, 0.05) is 4.47 Å². The van der Waals surface area contributed by atoms with Gasteiger partial charge in [-0.1, -0.05) is 6.42 Å². The molecule has 0 radical (unpaired) electrons. The number of hydrogen-bond acceptors (Lipinski definition) is 2. The molecule has 5 heteroatoms. The number of amides is 2. The van der Waals surface area contributed by atoms with Crippen molar-refractivity contribution >= 4 is 33.4 Å². The van der Waals surface area contributed by atoms with Gasteiger partial charge in [-0.3, -0.25) is 9.59 Å². The summed E-state index contributed by atoms with van der Waals surface area (Å²) < 4.78 is 13.8. The number of imide groups is 1. The molecule has 1 heterocycles. The van der Waals surface area contributed by atoms with Crippen LogP contribution in [0.4, 0.5) is 10.1 Å². The van der Waals surface area contributed by atoms with Crippen molar-refractivity contribution in [3.05, 3.63) is 28.5 Å². The molecule has 1 aliphatic carbocycles. The van der Waals surface area contributed by atoms with Crippen LogP contribution in [-0.4, -0.2) is 11.8 Å². The second-order valence-corrected chi connectivity index (χ2v) is 5.61. The average Bonchev–Trinajstić information content (AvgIpc) is 2.89. The van der Waals surface area contributed by atoms with Gasteiger partial charge in [-0.25, -0.2) is 9.29 Å². The van der Waals surface area contributed by atoms with Crippen LogP contribution in [0.25, 0.3) is 0 Å². The molecule has 2 fully saturated rings. The molecule has 18 heavy (non-hydrogen) atoms. The molecule has 1 aromatic carbocycles. The minimum Gasteiger partial charge on any atom is -0.274 e. The van der Waals surface area contributed by atoms with Crippen LogP contribution >= 0.6 is 15.9 Å². The third-order valence-electron chi connectivity index (χ3n) is 3.74. The largest absolute Gasteiger partial charge is 0.274 e. The van der Waals surface area contributed by atoms with Crippen molar-refractivity contribution in [2.75, 3.05) is 4.90 Å². The predicted molar refractivity (Wildman–Crippen MR) is 67.4 cm³/mol. The molecule has 2 amide bonds. The molecular weight excluding hydrogens is 301 g/mol. The van der Waals surface area contributed by atoms with E-state index in [1.54, 1.807) is 0 Å². The Morgan fingerprint density at radius 3 is 2.39 bits per heavy atom. The number of hydrogen-bond donors (Lipinski definition) is 0. The Balaban J connectivity index is 2.05. The summed E-state index contributed by atoms with van der Waals surface area (Å²) in [7, 11) is 0. The first-order valence-corrected chi connectivity index (χ1v) is 6.72. The van der Waals surface area contributed by atoms with Gasteiger partial charge in [0.2, 0.25) is 11.8 Å². The second-order valence-electron chi connectivity index (χ2n) is 4.75. The smallest absolute Gasteiger partial charge is 0.237 e. The number of benzene rings is 1. The molecular formula is C13H11BrFNO2. The molecule has 0 N–H and O–H groups in total. The van der Waals surface area contributed by atoms with Crippen LogP contribution < -0.4 is 4.90 Å².